The average Bonchev–Trinajstić information content (AvgIpc) is 2.76. The molecule has 3 rings (SSSR count). The van der Waals surface area contributed by atoms with E-state index in [-0.39, 0.29) is 11.4 Å². The molecule has 0 fully saturated rings. The second kappa shape index (κ2) is 2.85. The molecule has 1 aromatic heterocycles. The SMILES string of the molecule is O=C(O)c1[nH]nc2c1Cc1ccc(O)cc1-2. The van der Waals surface area contributed by atoms with Crippen molar-refractivity contribution >= 4 is 5.97 Å². The summed E-state index contributed by atoms with van der Waals surface area (Å²) in [4.78, 5) is 10.9. The minimum Gasteiger partial charge on any atom is -0.508 e. The van der Waals surface area contributed by atoms with Gasteiger partial charge in [0.15, 0.2) is 0 Å². The van der Waals surface area contributed by atoms with Crippen LogP contribution in [-0.4, -0.2) is 26.4 Å². The molecule has 0 spiro atoms. The predicted molar refractivity (Wildman–Crippen MR) is 55.5 cm³/mol. The Labute approximate surface area is 90.4 Å². The highest BCUT2D eigenvalue weighted by Gasteiger charge is 2.27. The van der Waals surface area contributed by atoms with E-state index in [2.05, 4.69) is 10.2 Å². The minimum atomic E-state index is -1.01. The molecule has 1 heterocycles. The molecule has 0 amide bonds. The number of carboxylic acid groups (broad SMARTS) is 1. The Balaban J connectivity index is 2.22. The zero-order valence-electron chi connectivity index (χ0n) is 8.19. The molecule has 0 atom stereocenters. The molecule has 16 heavy (non-hydrogen) atoms. The monoisotopic (exact) mass is 216 g/mol. The number of nitrogens with zero attached hydrogens (tertiary/aromatic N) is 1. The van der Waals surface area contributed by atoms with E-state index >= 15 is 0 Å². The maximum atomic E-state index is 10.9. The number of aromatic hydroxyl groups is 1. The molecule has 5 nitrogen and oxygen atoms in total. The number of phenols is 1. The van der Waals surface area contributed by atoms with Gasteiger partial charge in [-0.2, -0.15) is 5.10 Å². The molecule has 0 unspecified atom stereocenters. The molecule has 0 saturated carbocycles. The minimum absolute atomic E-state index is 0.130. The molecular weight excluding hydrogens is 208 g/mol. The van der Waals surface area contributed by atoms with Crippen LogP contribution in [0.5, 0.6) is 5.75 Å². The van der Waals surface area contributed by atoms with E-state index in [1.165, 1.54) is 0 Å². The van der Waals surface area contributed by atoms with E-state index in [9.17, 15) is 9.90 Å². The van der Waals surface area contributed by atoms with Crippen LogP contribution in [-0.2, 0) is 6.42 Å². The van der Waals surface area contributed by atoms with Gasteiger partial charge in [-0.1, -0.05) is 6.07 Å². The summed E-state index contributed by atoms with van der Waals surface area (Å²) in [6, 6.07) is 4.99. The summed E-state index contributed by atoms with van der Waals surface area (Å²) in [6.45, 7) is 0. The highest BCUT2D eigenvalue weighted by atomic mass is 16.4. The number of H-pyrrole nitrogens is 1. The van der Waals surface area contributed by atoms with Crippen LogP contribution in [0.4, 0.5) is 0 Å². The molecule has 0 radical (unpaired) electrons. The fourth-order valence-electron chi connectivity index (χ4n) is 2.07. The van der Waals surface area contributed by atoms with E-state index in [1.54, 1.807) is 18.2 Å². The van der Waals surface area contributed by atoms with Gasteiger partial charge in [-0.05, 0) is 17.7 Å². The van der Waals surface area contributed by atoms with Gasteiger partial charge in [-0.3, -0.25) is 5.10 Å². The van der Waals surface area contributed by atoms with Crippen LogP contribution < -0.4 is 0 Å². The number of hydrogen-bond donors (Lipinski definition) is 3. The largest absolute Gasteiger partial charge is 0.508 e. The number of fused-ring (bicyclic) bond motifs is 3. The fourth-order valence-corrected chi connectivity index (χ4v) is 2.07. The van der Waals surface area contributed by atoms with Crippen molar-refractivity contribution in [3.8, 4) is 17.0 Å². The number of nitrogens with one attached hydrogen (secondary N) is 1. The van der Waals surface area contributed by atoms with Gasteiger partial charge < -0.3 is 10.2 Å². The van der Waals surface area contributed by atoms with Crippen molar-refractivity contribution in [3.63, 3.8) is 0 Å². The second-order valence-electron chi connectivity index (χ2n) is 3.75. The Kier molecular flexibility index (Phi) is 1.60. The first-order chi connectivity index (χ1) is 7.66. The normalized spacial score (nSPS) is 12.2. The summed E-state index contributed by atoms with van der Waals surface area (Å²) in [5.41, 5.74) is 3.24. The van der Waals surface area contributed by atoms with Gasteiger partial charge in [0.2, 0.25) is 0 Å². The Morgan fingerprint density at radius 3 is 3.00 bits per heavy atom. The smallest absolute Gasteiger partial charge is 0.354 e. The van der Waals surface area contributed by atoms with Crippen molar-refractivity contribution < 1.29 is 15.0 Å². The quantitative estimate of drug-likeness (QED) is 0.573. The van der Waals surface area contributed by atoms with Crippen LogP contribution in [0.25, 0.3) is 11.3 Å². The Morgan fingerprint density at radius 2 is 2.25 bits per heavy atom. The van der Waals surface area contributed by atoms with E-state index in [0.29, 0.717) is 17.7 Å². The maximum absolute atomic E-state index is 10.9. The summed E-state index contributed by atoms with van der Waals surface area (Å²) >= 11 is 0. The number of carbonyl (C=O) groups is 1. The van der Waals surface area contributed by atoms with Gasteiger partial charge in [-0.15, -0.1) is 0 Å². The third kappa shape index (κ3) is 1.05. The Morgan fingerprint density at radius 1 is 1.44 bits per heavy atom. The molecule has 0 saturated heterocycles. The molecule has 1 aliphatic rings. The van der Waals surface area contributed by atoms with Gasteiger partial charge in [0.25, 0.3) is 0 Å². The Bertz CT molecular complexity index is 601. The van der Waals surface area contributed by atoms with Crippen molar-refractivity contribution in [2.75, 3.05) is 0 Å². The zero-order chi connectivity index (χ0) is 11.3. The molecule has 0 aliphatic heterocycles. The van der Waals surface area contributed by atoms with Gasteiger partial charge in [0.1, 0.15) is 11.4 Å². The third-order valence-electron chi connectivity index (χ3n) is 2.80. The number of aromatic amines is 1. The summed E-state index contributed by atoms with van der Waals surface area (Å²) in [6.07, 6.45) is 0.545. The summed E-state index contributed by atoms with van der Waals surface area (Å²) < 4.78 is 0. The molecule has 3 N–H and O–H groups in total. The summed E-state index contributed by atoms with van der Waals surface area (Å²) in [7, 11) is 0. The lowest BCUT2D eigenvalue weighted by Crippen LogP contribution is -2.00. The molecular formula is C11H8N2O3. The summed E-state index contributed by atoms with van der Waals surface area (Å²) in [5.74, 6) is -0.850. The number of phenolic OH excluding ortho intramolecular Hbond substituents is 1. The third-order valence-corrected chi connectivity index (χ3v) is 2.80. The van der Waals surface area contributed by atoms with Gasteiger partial charge in [0.05, 0.1) is 5.69 Å². The van der Waals surface area contributed by atoms with Crippen molar-refractivity contribution in [1.29, 1.82) is 0 Å². The van der Waals surface area contributed by atoms with Crippen LogP contribution >= 0.6 is 0 Å². The van der Waals surface area contributed by atoms with Crippen LogP contribution in [0.1, 0.15) is 21.6 Å². The lowest BCUT2D eigenvalue weighted by atomic mass is 10.1. The highest BCUT2D eigenvalue weighted by Crippen LogP contribution is 2.38. The first kappa shape index (κ1) is 8.96. The topological polar surface area (TPSA) is 86.2 Å². The number of benzene rings is 1. The predicted octanol–water partition coefficient (Wildman–Crippen LogP) is 1.38. The highest BCUT2D eigenvalue weighted by molar-refractivity contribution is 5.91. The average molecular weight is 216 g/mol. The van der Waals surface area contributed by atoms with E-state index in [0.717, 1.165) is 11.1 Å². The van der Waals surface area contributed by atoms with Crippen LogP contribution in [0.2, 0.25) is 0 Å². The zero-order valence-corrected chi connectivity index (χ0v) is 8.19. The maximum Gasteiger partial charge on any atom is 0.354 e. The molecule has 0 bridgehead atoms. The lowest BCUT2D eigenvalue weighted by molar-refractivity contribution is 0.0689. The van der Waals surface area contributed by atoms with Gasteiger partial charge >= 0.3 is 5.97 Å². The number of hydrogen-bond acceptors (Lipinski definition) is 3. The van der Waals surface area contributed by atoms with E-state index in [1.807, 2.05) is 0 Å². The number of carboxylic acids is 1. The van der Waals surface area contributed by atoms with Crippen LogP contribution in [0, 0.1) is 0 Å². The molecule has 1 aliphatic carbocycles. The first-order valence-electron chi connectivity index (χ1n) is 4.79. The van der Waals surface area contributed by atoms with Crippen molar-refractivity contribution in [2.24, 2.45) is 0 Å². The fraction of sp³-hybridized carbons (Fsp3) is 0.0909. The van der Waals surface area contributed by atoms with Crippen LogP contribution in [0.15, 0.2) is 18.2 Å². The van der Waals surface area contributed by atoms with Crippen molar-refractivity contribution in [1.82, 2.24) is 10.2 Å². The van der Waals surface area contributed by atoms with Gasteiger partial charge in [-0.25, -0.2) is 4.79 Å². The lowest BCUT2D eigenvalue weighted by Gasteiger charge is -1.98. The number of aromatic nitrogens is 2. The van der Waals surface area contributed by atoms with E-state index in [4.69, 9.17) is 5.11 Å². The second-order valence-corrected chi connectivity index (χ2v) is 3.75. The number of aromatic carboxylic acids is 1. The molecule has 2 aromatic rings. The number of rotatable bonds is 1. The van der Waals surface area contributed by atoms with Gasteiger partial charge in [0, 0.05) is 17.5 Å². The van der Waals surface area contributed by atoms with Crippen molar-refractivity contribution in [3.05, 3.63) is 35.0 Å². The standard InChI is InChI=1S/C11H8N2O3/c14-6-2-1-5-3-8-9(7(5)4-6)12-13-10(8)11(15)16/h1-2,4,14H,3H2,(H,12,13)(H,15,16). The molecule has 1 aromatic carbocycles. The molecule has 80 valence electrons. The van der Waals surface area contributed by atoms with Crippen LogP contribution in [0.3, 0.4) is 0 Å². The Hall–Kier alpha value is -2.30. The van der Waals surface area contributed by atoms with E-state index < -0.39 is 5.97 Å². The summed E-state index contributed by atoms with van der Waals surface area (Å²) in [5, 5.41) is 24.8. The van der Waals surface area contributed by atoms with Crippen molar-refractivity contribution in [2.45, 2.75) is 6.42 Å². The molecule has 5 heteroatoms. The first-order valence-corrected chi connectivity index (χ1v) is 4.79.